The van der Waals surface area contributed by atoms with E-state index in [9.17, 15) is 0 Å². The SMILES string of the molecule is COCCNc1nc(NN)cc(-c2ccncc2)n1. The molecule has 0 aliphatic carbocycles. The van der Waals surface area contributed by atoms with Crippen LogP contribution in [0, 0.1) is 0 Å². The minimum absolute atomic E-state index is 0.499. The maximum atomic E-state index is 5.42. The number of methoxy groups -OCH3 is 1. The van der Waals surface area contributed by atoms with Gasteiger partial charge in [-0.05, 0) is 12.1 Å². The average molecular weight is 260 g/mol. The van der Waals surface area contributed by atoms with Gasteiger partial charge in [-0.2, -0.15) is 4.98 Å². The Morgan fingerprint density at radius 2 is 2.05 bits per heavy atom. The number of nitrogens with one attached hydrogen (secondary N) is 2. The van der Waals surface area contributed by atoms with Crippen LogP contribution >= 0.6 is 0 Å². The molecule has 2 aromatic heterocycles. The molecule has 0 bridgehead atoms. The average Bonchev–Trinajstić information content (AvgIpc) is 2.48. The van der Waals surface area contributed by atoms with Crippen LogP contribution in [-0.4, -0.2) is 35.2 Å². The minimum Gasteiger partial charge on any atom is -0.383 e. The second-order valence-corrected chi connectivity index (χ2v) is 3.76. The third-order valence-electron chi connectivity index (χ3n) is 2.44. The fourth-order valence-corrected chi connectivity index (χ4v) is 1.54. The molecule has 0 amide bonds. The number of anilines is 2. The Balaban J connectivity index is 2.26. The van der Waals surface area contributed by atoms with E-state index in [-0.39, 0.29) is 0 Å². The molecule has 0 fully saturated rings. The highest BCUT2D eigenvalue weighted by molar-refractivity contribution is 5.63. The van der Waals surface area contributed by atoms with E-state index in [1.165, 1.54) is 0 Å². The summed E-state index contributed by atoms with van der Waals surface area (Å²) in [5.74, 6) is 6.46. The Bertz CT molecular complexity index is 519. The van der Waals surface area contributed by atoms with Gasteiger partial charge in [0.05, 0.1) is 12.3 Å². The number of ether oxygens (including phenoxy) is 1. The number of pyridine rings is 1. The first-order valence-corrected chi connectivity index (χ1v) is 5.82. The van der Waals surface area contributed by atoms with E-state index in [2.05, 4.69) is 25.7 Å². The van der Waals surface area contributed by atoms with Crippen LogP contribution in [0.2, 0.25) is 0 Å². The van der Waals surface area contributed by atoms with E-state index in [0.29, 0.717) is 24.9 Å². The van der Waals surface area contributed by atoms with Crippen LogP contribution in [0.5, 0.6) is 0 Å². The van der Waals surface area contributed by atoms with E-state index in [4.69, 9.17) is 10.6 Å². The summed E-state index contributed by atoms with van der Waals surface area (Å²) >= 11 is 0. The first kappa shape index (κ1) is 13.2. The monoisotopic (exact) mass is 260 g/mol. The molecule has 0 aromatic carbocycles. The Morgan fingerprint density at radius 3 is 2.74 bits per heavy atom. The smallest absolute Gasteiger partial charge is 0.225 e. The summed E-state index contributed by atoms with van der Waals surface area (Å²) in [5.41, 5.74) is 4.25. The normalized spacial score (nSPS) is 10.2. The molecular formula is C12H16N6O. The predicted octanol–water partition coefficient (Wildman–Crippen LogP) is 0.882. The molecule has 0 unspecified atom stereocenters. The first-order chi connectivity index (χ1) is 9.33. The van der Waals surface area contributed by atoms with Gasteiger partial charge in [0.15, 0.2) is 0 Å². The second-order valence-electron chi connectivity index (χ2n) is 3.76. The van der Waals surface area contributed by atoms with E-state index in [1.54, 1.807) is 25.6 Å². The number of nitrogens with zero attached hydrogens (tertiary/aromatic N) is 3. The van der Waals surface area contributed by atoms with Crippen molar-refractivity contribution in [3.8, 4) is 11.3 Å². The van der Waals surface area contributed by atoms with Gasteiger partial charge in [0.2, 0.25) is 5.95 Å². The Kier molecular flexibility index (Phi) is 4.60. The Labute approximate surface area is 111 Å². The highest BCUT2D eigenvalue weighted by atomic mass is 16.5. The molecular weight excluding hydrogens is 244 g/mol. The standard InChI is InChI=1S/C12H16N6O/c1-19-7-6-15-12-16-10(8-11(17-12)18-13)9-2-4-14-5-3-9/h2-5,8H,6-7,13H2,1H3,(H2,15,16,17,18). The summed E-state index contributed by atoms with van der Waals surface area (Å²) in [5, 5.41) is 3.07. The third kappa shape index (κ3) is 3.60. The molecule has 7 heteroatoms. The van der Waals surface area contributed by atoms with Gasteiger partial charge in [-0.25, -0.2) is 10.8 Å². The van der Waals surface area contributed by atoms with Gasteiger partial charge < -0.3 is 15.5 Å². The molecule has 7 nitrogen and oxygen atoms in total. The summed E-state index contributed by atoms with van der Waals surface area (Å²) in [7, 11) is 1.64. The highest BCUT2D eigenvalue weighted by Crippen LogP contribution is 2.20. The molecule has 4 N–H and O–H groups in total. The lowest BCUT2D eigenvalue weighted by Crippen LogP contribution is -2.14. The molecule has 2 rings (SSSR count). The second kappa shape index (κ2) is 6.62. The molecule has 0 atom stereocenters. The van der Waals surface area contributed by atoms with Gasteiger partial charge in [-0.3, -0.25) is 4.98 Å². The van der Waals surface area contributed by atoms with Gasteiger partial charge in [-0.15, -0.1) is 0 Å². The van der Waals surface area contributed by atoms with Crippen molar-refractivity contribution in [3.05, 3.63) is 30.6 Å². The van der Waals surface area contributed by atoms with E-state index >= 15 is 0 Å². The number of nitrogens with two attached hydrogens (primary N) is 1. The minimum atomic E-state index is 0.499. The summed E-state index contributed by atoms with van der Waals surface area (Å²) in [4.78, 5) is 12.6. The van der Waals surface area contributed by atoms with Gasteiger partial charge in [0.1, 0.15) is 5.82 Å². The number of hydrogen-bond acceptors (Lipinski definition) is 7. The maximum absolute atomic E-state index is 5.42. The fraction of sp³-hybridized carbons (Fsp3) is 0.250. The molecule has 19 heavy (non-hydrogen) atoms. The molecule has 0 aliphatic heterocycles. The molecule has 0 aliphatic rings. The zero-order valence-corrected chi connectivity index (χ0v) is 10.6. The lowest BCUT2D eigenvalue weighted by atomic mass is 10.2. The van der Waals surface area contributed by atoms with Crippen molar-refractivity contribution in [1.29, 1.82) is 0 Å². The largest absolute Gasteiger partial charge is 0.383 e. The Hall–Kier alpha value is -2.25. The summed E-state index contributed by atoms with van der Waals surface area (Å²) in [6.45, 7) is 1.20. The van der Waals surface area contributed by atoms with Crippen LogP contribution in [-0.2, 0) is 4.74 Å². The zero-order chi connectivity index (χ0) is 13.5. The predicted molar refractivity (Wildman–Crippen MR) is 73.4 cm³/mol. The van der Waals surface area contributed by atoms with E-state index in [1.807, 2.05) is 12.1 Å². The van der Waals surface area contributed by atoms with Crippen molar-refractivity contribution in [2.75, 3.05) is 31.0 Å². The highest BCUT2D eigenvalue weighted by Gasteiger charge is 2.05. The van der Waals surface area contributed by atoms with Crippen molar-refractivity contribution in [2.45, 2.75) is 0 Å². The molecule has 0 radical (unpaired) electrons. The van der Waals surface area contributed by atoms with Gasteiger partial charge in [-0.1, -0.05) is 0 Å². The quantitative estimate of drug-likeness (QED) is 0.403. The molecule has 0 spiro atoms. The number of aromatic nitrogens is 3. The van der Waals surface area contributed by atoms with Crippen LogP contribution in [0.25, 0.3) is 11.3 Å². The molecule has 0 saturated carbocycles. The number of nitrogen functional groups attached to an aromatic ring is 1. The van der Waals surface area contributed by atoms with E-state index < -0.39 is 0 Å². The van der Waals surface area contributed by atoms with Crippen molar-refractivity contribution < 1.29 is 4.74 Å². The Morgan fingerprint density at radius 1 is 1.26 bits per heavy atom. The van der Waals surface area contributed by atoms with Crippen LogP contribution in [0.3, 0.4) is 0 Å². The van der Waals surface area contributed by atoms with Crippen molar-refractivity contribution in [1.82, 2.24) is 15.0 Å². The van der Waals surface area contributed by atoms with Gasteiger partial charge >= 0.3 is 0 Å². The lowest BCUT2D eigenvalue weighted by molar-refractivity contribution is 0.210. The fourth-order valence-electron chi connectivity index (χ4n) is 1.54. The van der Waals surface area contributed by atoms with Crippen LogP contribution in [0.1, 0.15) is 0 Å². The number of hydrazine groups is 1. The summed E-state index contributed by atoms with van der Waals surface area (Å²) < 4.78 is 4.97. The topological polar surface area (TPSA) is 98.0 Å². The molecule has 2 heterocycles. The van der Waals surface area contributed by atoms with Crippen LogP contribution in [0.4, 0.5) is 11.8 Å². The first-order valence-electron chi connectivity index (χ1n) is 5.82. The molecule has 0 saturated heterocycles. The zero-order valence-electron chi connectivity index (χ0n) is 10.6. The number of hydrogen-bond donors (Lipinski definition) is 3. The molecule has 2 aromatic rings. The van der Waals surface area contributed by atoms with E-state index in [0.717, 1.165) is 11.3 Å². The molecule has 100 valence electrons. The maximum Gasteiger partial charge on any atom is 0.225 e. The lowest BCUT2D eigenvalue weighted by Gasteiger charge is -2.09. The number of rotatable bonds is 6. The summed E-state index contributed by atoms with van der Waals surface area (Å²) in [6.07, 6.45) is 3.43. The van der Waals surface area contributed by atoms with Gasteiger partial charge in [0, 0.05) is 37.7 Å². The van der Waals surface area contributed by atoms with Crippen molar-refractivity contribution in [3.63, 3.8) is 0 Å². The van der Waals surface area contributed by atoms with Crippen LogP contribution in [0.15, 0.2) is 30.6 Å². The van der Waals surface area contributed by atoms with Crippen LogP contribution < -0.4 is 16.6 Å². The van der Waals surface area contributed by atoms with Gasteiger partial charge in [0.25, 0.3) is 0 Å². The van der Waals surface area contributed by atoms with Crippen molar-refractivity contribution in [2.24, 2.45) is 5.84 Å². The third-order valence-corrected chi connectivity index (χ3v) is 2.44. The summed E-state index contributed by atoms with van der Waals surface area (Å²) in [6, 6.07) is 5.53. The van der Waals surface area contributed by atoms with Crippen molar-refractivity contribution >= 4 is 11.8 Å².